The lowest BCUT2D eigenvalue weighted by Gasteiger charge is -2.29. The molecule has 0 unspecified atom stereocenters. The predicted octanol–water partition coefficient (Wildman–Crippen LogP) is 3.87. The lowest BCUT2D eigenvalue weighted by molar-refractivity contribution is -0.137. The normalized spacial score (nSPS) is 16.5. The number of anilines is 1. The van der Waals surface area contributed by atoms with Crippen LogP contribution in [0.3, 0.4) is 0 Å². The van der Waals surface area contributed by atoms with Crippen molar-refractivity contribution in [2.75, 3.05) is 16.6 Å². The highest BCUT2D eigenvalue weighted by Crippen LogP contribution is 2.30. The maximum Gasteiger partial charge on any atom is 0.416 e. The lowest BCUT2D eigenvalue weighted by atomic mass is 10.1. The maximum absolute atomic E-state index is 12.8. The Hall–Kier alpha value is -2.55. The Morgan fingerprint density at radius 2 is 1.90 bits per heavy atom. The smallest absolute Gasteiger partial charge is 0.348 e. The Balaban J connectivity index is 1.77. The molecule has 1 N–H and O–H groups in total. The number of sulfonamides is 1. The third-order valence-electron chi connectivity index (χ3n) is 4.80. The zero-order valence-corrected chi connectivity index (χ0v) is 16.6. The molecule has 1 aliphatic heterocycles. The van der Waals surface area contributed by atoms with Crippen LogP contribution in [-0.4, -0.2) is 26.6 Å². The van der Waals surface area contributed by atoms with E-state index in [0.29, 0.717) is 24.2 Å². The molecule has 0 aliphatic carbocycles. The summed E-state index contributed by atoms with van der Waals surface area (Å²) in [4.78, 5) is 12.5. The van der Waals surface area contributed by atoms with Crippen LogP contribution in [0.5, 0.6) is 0 Å². The maximum atomic E-state index is 12.8. The molecule has 0 bridgehead atoms. The van der Waals surface area contributed by atoms with Crippen LogP contribution in [0.4, 0.5) is 18.9 Å². The van der Waals surface area contributed by atoms with Crippen LogP contribution < -0.4 is 9.62 Å². The van der Waals surface area contributed by atoms with E-state index in [1.165, 1.54) is 22.5 Å². The Bertz CT molecular complexity index is 1020. The molecule has 2 aromatic rings. The van der Waals surface area contributed by atoms with Crippen molar-refractivity contribution in [3.8, 4) is 0 Å². The molecule has 0 aromatic heterocycles. The molecule has 0 atom stereocenters. The van der Waals surface area contributed by atoms with Crippen LogP contribution in [0.1, 0.15) is 39.9 Å². The van der Waals surface area contributed by atoms with Gasteiger partial charge < -0.3 is 5.32 Å². The van der Waals surface area contributed by atoms with E-state index in [1.807, 2.05) is 0 Å². The second-order valence-electron chi connectivity index (χ2n) is 6.98. The molecule has 156 valence electrons. The van der Waals surface area contributed by atoms with E-state index in [4.69, 9.17) is 0 Å². The number of carbonyl (C=O) groups excluding carboxylic acids is 1. The van der Waals surface area contributed by atoms with Crippen molar-refractivity contribution in [3.05, 3.63) is 64.7 Å². The van der Waals surface area contributed by atoms with Gasteiger partial charge in [-0.05, 0) is 55.2 Å². The fourth-order valence-corrected chi connectivity index (χ4v) is 4.91. The molecular formula is C20H21F3N2O3S. The van der Waals surface area contributed by atoms with Gasteiger partial charge in [0.2, 0.25) is 10.0 Å². The highest BCUT2D eigenvalue weighted by atomic mass is 32.2. The zero-order valence-electron chi connectivity index (χ0n) is 15.8. The molecule has 3 rings (SSSR count). The first-order valence-electron chi connectivity index (χ1n) is 9.13. The number of rotatable bonds is 4. The SMILES string of the molecule is Cc1ccc(C(=O)NCc2cccc(C(F)(F)F)c2)cc1N1CCCCS1(=O)=O. The van der Waals surface area contributed by atoms with Gasteiger partial charge in [0.1, 0.15) is 0 Å². The number of nitrogens with zero attached hydrogens (tertiary/aromatic N) is 1. The average molecular weight is 426 g/mol. The van der Waals surface area contributed by atoms with E-state index < -0.39 is 27.7 Å². The van der Waals surface area contributed by atoms with E-state index in [1.54, 1.807) is 19.1 Å². The van der Waals surface area contributed by atoms with Gasteiger partial charge in [0.25, 0.3) is 5.91 Å². The number of carbonyl (C=O) groups is 1. The molecule has 29 heavy (non-hydrogen) atoms. The summed E-state index contributed by atoms with van der Waals surface area (Å²) in [7, 11) is -3.42. The number of benzene rings is 2. The van der Waals surface area contributed by atoms with Crippen molar-refractivity contribution in [1.29, 1.82) is 0 Å². The molecule has 1 heterocycles. The molecule has 1 fully saturated rings. The summed E-state index contributed by atoms with van der Waals surface area (Å²) in [5.74, 6) is -0.420. The molecule has 0 spiro atoms. The fourth-order valence-electron chi connectivity index (χ4n) is 3.22. The van der Waals surface area contributed by atoms with Crippen molar-refractivity contribution in [3.63, 3.8) is 0 Å². The van der Waals surface area contributed by atoms with Crippen LogP contribution in [0.15, 0.2) is 42.5 Å². The standard InChI is InChI=1S/C20H21F3N2O3S/c1-14-7-8-16(12-18(14)25-9-2-3-10-29(25,27)28)19(26)24-13-15-5-4-6-17(11-15)20(21,22)23/h4-8,11-12H,2-3,9-10,13H2,1H3,(H,24,26). The zero-order chi connectivity index (χ0) is 21.2. The van der Waals surface area contributed by atoms with Crippen LogP contribution in [0, 0.1) is 6.92 Å². The molecular weight excluding hydrogens is 405 g/mol. The molecule has 1 aliphatic rings. The Morgan fingerprint density at radius 1 is 1.14 bits per heavy atom. The number of aryl methyl sites for hydroxylation is 1. The molecule has 0 saturated carbocycles. The summed E-state index contributed by atoms with van der Waals surface area (Å²) in [6.45, 7) is 2.05. The van der Waals surface area contributed by atoms with Gasteiger partial charge in [-0.2, -0.15) is 13.2 Å². The minimum Gasteiger partial charge on any atom is -0.348 e. The monoisotopic (exact) mass is 426 g/mol. The second-order valence-corrected chi connectivity index (χ2v) is 8.99. The van der Waals surface area contributed by atoms with Crippen molar-refractivity contribution in [2.45, 2.75) is 32.5 Å². The lowest BCUT2D eigenvalue weighted by Crippen LogP contribution is -2.38. The number of amides is 1. The van der Waals surface area contributed by atoms with Gasteiger partial charge >= 0.3 is 6.18 Å². The summed E-state index contributed by atoms with van der Waals surface area (Å²) in [6.07, 6.45) is -3.11. The summed E-state index contributed by atoms with van der Waals surface area (Å²) in [6, 6.07) is 9.49. The predicted molar refractivity (Wildman–Crippen MR) is 104 cm³/mol. The van der Waals surface area contributed by atoms with Gasteiger partial charge in [0, 0.05) is 18.7 Å². The quantitative estimate of drug-likeness (QED) is 0.807. The fraction of sp³-hybridized carbons (Fsp3) is 0.350. The van der Waals surface area contributed by atoms with Crippen molar-refractivity contribution >= 4 is 21.6 Å². The molecule has 1 amide bonds. The third kappa shape index (κ3) is 4.90. The van der Waals surface area contributed by atoms with Crippen molar-refractivity contribution in [1.82, 2.24) is 5.32 Å². The van der Waals surface area contributed by atoms with E-state index in [-0.39, 0.29) is 17.9 Å². The van der Waals surface area contributed by atoms with Gasteiger partial charge in [0.05, 0.1) is 17.0 Å². The molecule has 0 radical (unpaired) electrons. The molecule has 1 saturated heterocycles. The van der Waals surface area contributed by atoms with Crippen LogP contribution in [0.2, 0.25) is 0 Å². The van der Waals surface area contributed by atoms with Crippen molar-refractivity contribution < 1.29 is 26.4 Å². The number of alkyl halides is 3. The van der Waals surface area contributed by atoms with Gasteiger partial charge in [-0.15, -0.1) is 0 Å². The van der Waals surface area contributed by atoms with Crippen LogP contribution >= 0.6 is 0 Å². The minimum atomic E-state index is -4.45. The first-order chi connectivity index (χ1) is 13.6. The third-order valence-corrected chi connectivity index (χ3v) is 6.65. The average Bonchev–Trinajstić information content (AvgIpc) is 2.66. The highest BCUT2D eigenvalue weighted by molar-refractivity contribution is 7.92. The molecule has 2 aromatic carbocycles. The highest BCUT2D eigenvalue weighted by Gasteiger charge is 2.30. The molecule has 9 heteroatoms. The van der Waals surface area contributed by atoms with E-state index >= 15 is 0 Å². The Labute approximate surface area is 167 Å². The van der Waals surface area contributed by atoms with Gasteiger partial charge in [0.15, 0.2) is 0 Å². The minimum absolute atomic E-state index is 0.0679. The summed E-state index contributed by atoms with van der Waals surface area (Å²) in [5, 5.41) is 2.59. The Morgan fingerprint density at radius 3 is 2.59 bits per heavy atom. The molecule has 5 nitrogen and oxygen atoms in total. The van der Waals surface area contributed by atoms with E-state index in [2.05, 4.69) is 5.32 Å². The number of hydrogen-bond donors (Lipinski definition) is 1. The first kappa shape index (κ1) is 21.2. The second kappa shape index (κ2) is 8.06. The van der Waals surface area contributed by atoms with Crippen LogP contribution in [0.25, 0.3) is 0 Å². The number of hydrogen-bond acceptors (Lipinski definition) is 3. The van der Waals surface area contributed by atoms with E-state index in [0.717, 1.165) is 24.1 Å². The number of halogens is 3. The van der Waals surface area contributed by atoms with Crippen molar-refractivity contribution in [2.24, 2.45) is 0 Å². The number of nitrogens with one attached hydrogen (secondary N) is 1. The first-order valence-corrected chi connectivity index (χ1v) is 10.7. The summed E-state index contributed by atoms with van der Waals surface area (Å²) >= 11 is 0. The van der Waals surface area contributed by atoms with Gasteiger partial charge in [-0.3, -0.25) is 9.10 Å². The summed E-state index contributed by atoms with van der Waals surface area (Å²) in [5.41, 5.74) is 0.968. The van der Waals surface area contributed by atoms with Crippen LogP contribution in [-0.2, 0) is 22.7 Å². The topological polar surface area (TPSA) is 66.5 Å². The summed E-state index contributed by atoms with van der Waals surface area (Å²) < 4.78 is 64.5. The Kier molecular flexibility index (Phi) is 5.88. The van der Waals surface area contributed by atoms with E-state index in [9.17, 15) is 26.4 Å². The van der Waals surface area contributed by atoms with Gasteiger partial charge in [-0.1, -0.05) is 18.2 Å². The van der Waals surface area contributed by atoms with Gasteiger partial charge in [-0.25, -0.2) is 8.42 Å². The largest absolute Gasteiger partial charge is 0.416 e.